The van der Waals surface area contributed by atoms with Gasteiger partial charge in [0.25, 0.3) is 0 Å². The van der Waals surface area contributed by atoms with E-state index < -0.39 is 23.8 Å². The number of rotatable bonds is 14. The van der Waals surface area contributed by atoms with Crippen molar-refractivity contribution in [2.45, 2.75) is 131 Å². The first-order valence-electron chi connectivity index (χ1n) is 14.4. The normalized spacial score (nSPS) is 14.7. The number of nitrogens with zero attached hydrogens (tertiary/aromatic N) is 1. The highest BCUT2D eigenvalue weighted by Crippen LogP contribution is 2.29. The first kappa shape index (κ1) is 33.5. The molecule has 7 heteroatoms. The number of unbranched alkanes of at least 4 members (excludes halogenated alkanes) is 2. The van der Waals surface area contributed by atoms with Crippen LogP contribution in [-0.2, 0) is 14.3 Å². The molecule has 0 heterocycles. The molecule has 0 bridgehead atoms. The number of ether oxygens (including phenoxy) is 1. The molecule has 1 aromatic rings. The summed E-state index contributed by atoms with van der Waals surface area (Å²) in [5.41, 5.74) is 2.18. The SMILES string of the molecule is CCCCCN(C(=O)C(NC(=O)OC(C)(C)C)C(C)CC)C(C(=O)NC(C)CCC)c1cccc(C)c1C. The summed E-state index contributed by atoms with van der Waals surface area (Å²) >= 11 is 0. The van der Waals surface area contributed by atoms with Crippen LogP contribution in [0.4, 0.5) is 4.79 Å². The van der Waals surface area contributed by atoms with Crippen molar-refractivity contribution in [3.05, 3.63) is 34.9 Å². The average Bonchev–Trinajstić information content (AvgIpc) is 2.82. The lowest BCUT2D eigenvalue weighted by Gasteiger charge is -2.37. The van der Waals surface area contributed by atoms with Crippen LogP contribution < -0.4 is 10.6 Å². The van der Waals surface area contributed by atoms with Gasteiger partial charge in [-0.25, -0.2) is 4.79 Å². The number of hydrogen-bond acceptors (Lipinski definition) is 4. The quantitative estimate of drug-likeness (QED) is 0.265. The number of nitrogens with one attached hydrogen (secondary N) is 2. The van der Waals surface area contributed by atoms with Crippen LogP contribution in [0.3, 0.4) is 0 Å². The molecule has 2 N–H and O–H groups in total. The zero-order valence-electron chi connectivity index (χ0n) is 25.6. The highest BCUT2D eigenvalue weighted by molar-refractivity contribution is 5.92. The van der Waals surface area contributed by atoms with Crippen LogP contribution in [0.2, 0.25) is 0 Å². The van der Waals surface area contributed by atoms with Crippen molar-refractivity contribution in [3.8, 4) is 0 Å². The van der Waals surface area contributed by atoms with E-state index in [0.29, 0.717) is 13.0 Å². The fourth-order valence-electron chi connectivity index (χ4n) is 4.54. The van der Waals surface area contributed by atoms with Crippen LogP contribution >= 0.6 is 0 Å². The van der Waals surface area contributed by atoms with Gasteiger partial charge in [0.1, 0.15) is 17.7 Å². The Labute approximate surface area is 231 Å². The molecule has 0 aromatic heterocycles. The van der Waals surface area contributed by atoms with Gasteiger partial charge in [-0.1, -0.05) is 71.6 Å². The van der Waals surface area contributed by atoms with Crippen molar-refractivity contribution in [2.75, 3.05) is 6.54 Å². The van der Waals surface area contributed by atoms with Gasteiger partial charge in [0, 0.05) is 12.6 Å². The zero-order chi connectivity index (χ0) is 29.0. The predicted octanol–water partition coefficient (Wildman–Crippen LogP) is 6.61. The third-order valence-corrected chi connectivity index (χ3v) is 7.05. The van der Waals surface area contributed by atoms with Crippen LogP contribution in [-0.4, -0.2) is 47.0 Å². The van der Waals surface area contributed by atoms with E-state index in [0.717, 1.165) is 48.8 Å². The summed E-state index contributed by atoms with van der Waals surface area (Å²) in [5.74, 6) is -0.597. The zero-order valence-corrected chi connectivity index (χ0v) is 25.6. The van der Waals surface area contributed by atoms with Gasteiger partial charge in [-0.2, -0.15) is 0 Å². The summed E-state index contributed by atoms with van der Waals surface area (Å²) in [7, 11) is 0. The van der Waals surface area contributed by atoms with Gasteiger partial charge >= 0.3 is 6.09 Å². The molecule has 0 radical (unpaired) electrons. The molecule has 216 valence electrons. The molecule has 0 saturated carbocycles. The maximum Gasteiger partial charge on any atom is 0.408 e. The van der Waals surface area contributed by atoms with Gasteiger partial charge in [-0.15, -0.1) is 0 Å². The fourth-order valence-corrected chi connectivity index (χ4v) is 4.54. The summed E-state index contributed by atoms with van der Waals surface area (Å²) in [6.07, 6.45) is 4.54. The first-order chi connectivity index (χ1) is 17.8. The minimum absolute atomic E-state index is 0.0158. The molecule has 38 heavy (non-hydrogen) atoms. The van der Waals surface area contributed by atoms with Gasteiger partial charge in [-0.05, 0) is 77.0 Å². The number of hydrogen-bond donors (Lipinski definition) is 2. The molecular weight excluding hydrogens is 478 g/mol. The Kier molecular flexibility index (Phi) is 13.9. The molecular formula is C31H53N3O4. The van der Waals surface area contributed by atoms with Gasteiger partial charge in [0.15, 0.2) is 0 Å². The summed E-state index contributed by atoms with van der Waals surface area (Å²) in [4.78, 5) is 42.7. The van der Waals surface area contributed by atoms with Crippen molar-refractivity contribution in [2.24, 2.45) is 5.92 Å². The molecule has 0 saturated heterocycles. The van der Waals surface area contributed by atoms with Gasteiger partial charge in [0.2, 0.25) is 11.8 Å². The third kappa shape index (κ3) is 10.3. The molecule has 4 unspecified atom stereocenters. The Balaban J connectivity index is 3.61. The standard InChI is InChI=1S/C31H53N3O4/c1-11-14-15-20-34(29(36)26(21(4)13-3)33-30(37)38-31(8,9)10)27(28(35)32-23(6)17-12-2)25-19-16-18-22(5)24(25)7/h16,18-19,21,23,26-27H,11-15,17,20H2,1-10H3,(H,32,35)(H,33,37). The second-order valence-corrected chi connectivity index (χ2v) is 11.6. The van der Waals surface area contributed by atoms with E-state index in [9.17, 15) is 14.4 Å². The lowest BCUT2D eigenvalue weighted by atomic mass is 9.92. The molecule has 7 nitrogen and oxygen atoms in total. The first-order valence-corrected chi connectivity index (χ1v) is 14.4. The minimum Gasteiger partial charge on any atom is -0.444 e. The predicted molar refractivity (Wildman–Crippen MR) is 155 cm³/mol. The fraction of sp³-hybridized carbons (Fsp3) is 0.710. The topological polar surface area (TPSA) is 87.7 Å². The Morgan fingerprint density at radius 3 is 2.18 bits per heavy atom. The van der Waals surface area contributed by atoms with E-state index in [1.165, 1.54) is 0 Å². The Hall–Kier alpha value is -2.57. The highest BCUT2D eigenvalue weighted by atomic mass is 16.6. The lowest BCUT2D eigenvalue weighted by molar-refractivity contribution is -0.143. The van der Waals surface area contributed by atoms with E-state index in [2.05, 4.69) is 24.5 Å². The Morgan fingerprint density at radius 2 is 1.63 bits per heavy atom. The number of aryl methyl sites for hydroxylation is 1. The molecule has 0 aliphatic carbocycles. The van der Waals surface area contributed by atoms with Crippen molar-refractivity contribution < 1.29 is 19.1 Å². The summed E-state index contributed by atoms with van der Waals surface area (Å²) in [6.45, 7) is 19.9. The Morgan fingerprint density at radius 1 is 0.974 bits per heavy atom. The smallest absolute Gasteiger partial charge is 0.408 e. The van der Waals surface area contributed by atoms with Gasteiger partial charge in [0.05, 0.1) is 0 Å². The van der Waals surface area contributed by atoms with Crippen LogP contribution in [0.1, 0.15) is 117 Å². The number of carbonyl (C=O) groups is 3. The average molecular weight is 532 g/mol. The largest absolute Gasteiger partial charge is 0.444 e. The monoisotopic (exact) mass is 531 g/mol. The van der Waals surface area contributed by atoms with E-state index >= 15 is 0 Å². The minimum atomic E-state index is -0.815. The third-order valence-electron chi connectivity index (χ3n) is 7.05. The van der Waals surface area contributed by atoms with Crippen LogP contribution in [0.25, 0.3) is 0 Å². The number of benzene rings is 1. The second-order valence-electron chi connectivity index (χ2n) is 11.6. The van der Waals surface area contributed by atoms with Gasteiger partial charge < -0.3 is 20.3 Å². The number of alkyl carbamates (subject to hydrolysis) is 1. The van der Waals surface area contributed by atoms with Crippen molar-refractivity contribution >= 4 is 17.9 Å². The molecule has 4 atom stereocenters. The summed E-state index contributed by atoms with van der Waals surface area (Å²) in [6, 6.07) is 4.26. The molecule has 0 spiro atoms. The number of amides is 3. The Bertz CT molecular complexity index is 909. The molecule has 3 amide bonds. The lowest BCUT2D eigenvalue weighted by Crippen LogP contribution is -2.56. The van der Waals surface area contributed by atoms with Crippen molar-refractivity contribution in [1.82, 2.24) is 15.5 Å². The van der Waals surface area contributed by atoms with E-state index in [-0.39, 0.29) is 23.8 Å². The summed E-state index contributed by atoms with van der Waals surface area (Å²) < 4.78 is 5.50. The van der Waals surface area contributed by atoms with Crippen LogP contribution in [0.5, 0.6) is 0 Å². The summed E-state index contributed by atoms with van der Waals surface area (Å²) in [5, 5.41) is 6.00. The van der Waals surface area contributed by atoms with E-state index in [1.54, 1.807) is 25.7 Å². The molecule has 0 aliphatic rings. The van der Waals surface area contributed by atoms with Gasteiger partial charge in [-0.3, -0.25) is 9.59 Å². The van der Waals surface area contributed by atoms with Crippen LogP contribution in [0, 0.1) is 19.8 Å². The van der Waals surface area contributed by atoms with E-state index in [1.807, 2.05) is 52.8 Å². The number of carbonyl (C=O) groups excluding carboxylic acids is 3. The highest BCUT2D eigenvalue weighted by Gasteiger charge is 2.38. The van der Waals surface area contributed by atoms with Crippen LogP contribution in [0.15, 0.2) is 18.2 Å². The van der Waals surface area contributed by atoms with E-state index in [4.69, 9.17) is 4.74 Å². The maximum absolute atomic E-state index is 14.3. The molecule has 0 fully saturated rings. The van der Waals surface area contributed by atoms with Crippen molar-refractivity contribution in [3.63, 3.8) is 0 Å². The molecule has 1 aromatic carbocycles. The van der Waals surface area contributed by atoms with Crippen molar-refractivity contribution in [1.29, 1.82) is 0 Å². The molecule has 1 rings (SSSR count). The maximum atomic E-state index is 14.3. The molecule has 0 aliphatic heterocycles. The second kappa shape index (κ2) is 15.7.